The Labute approximate surface area is 115 Å². The molecule has 0 amide bonds. The van der Waals surface area contributed by atoms with Crippen molar-refractivity contribution in [2.45, 2.75) is 45.7 Å². The van der Waals surface area contributed by atoms with Gasteiger partial charge in [0, 0.05) is 12.0 Å². The van der Waals surface area contributed by atoms with Crippen molar-refractivity contribution >= 4 is 5.97 Å². The molecule has 1 saturated heterocycles. The molecule has 3 nitrogen and oxygen atoms in total. The lowest BCUT2D eigenvalue weighted by Gasteiger charge is -2.31. The largest absolute Gasteiger partial charge is 0.462 e. The van der Waals surface area contributed by atoms with Crippen molar-refractivity contribution in [2.75, 3.05) is 13.2 Å². The summed E-state index contributed by atoms with van der Waals surface area (Å²) in [7, 11) is 0. The van der Waals surface area contributed by atoms with Crippen molar-refractivity contribution in [1.29, 1.82) is 0 Å². The molecule has 0 bridgehead atoms. The van der Waals surface area contributed by atoms with Gasteiger partial charge in [-0.05, 0) is 26.7 Å². The number of rotatable bonds is 4. The topological polar surface area (TPSA) is 30.7 Å². The predicted molar refractivity (Wildman–Crippen MR) is 75.0 cm³/mol. The van der Waals surface area contributed by atoms with Gasteiger partial charge in [0.2, 0.25) is 0 Å². The second-order valence-corrected chi connectivity index (χ2v) is 5.37. The third kappa shape index (κ3) is 3.80. The van der Waals surface area contributed by atoms with E-state index in [2.05, 4.69) is 31.2 Å². The van der Waals surface area contributed by atoms with E-state index in [9.17, 15) is 4.79 Å². The van der Waals surface area contributed by atoms with E-state index >= 15 is 0 Å². The molecule has 2 atom stereocenters. The lowest BCUT2D eigenvalue weighted by atomic mass is 10.0. The van der Waals surface area contributed by atoms with Crippen LogP contribution in [0.3, 0.4) is 0 Å². The predicted octanol–water partition coefficient (Wildman–Crippen LogP) is 1.50. The highest BCUT2D eigenvalue weighted by molar-refractivity contribution is 5.74. The first kappa shape index (κ1) is 14.1. The molecule has 1 unspecified atom stereocenters. The number of likely N-dealkylation sites (tertiary alicyclic amines) is 1. The molecule has 1 aromatic carbocycles. The summed E-state index contributed by atoms with van der Waals surface area (Å²) in [6.07, 6.45) is 3.30. The standard InChI is InChI=1S/C16H23NO2/c1-3-19-16(18)15-9-4-5-10-17(15)12-14-8-6-7-13(2)11-14/h6-8,11,15H,3-5,9-10,12H2,1-2H3/p+1/t15-/m1/s1. The fourth-order valence-electron chi connectivity index (χ4n) is 2.90. The molecule has 1 heterocycles. The summed E-state index contributed by atoms with van der Waals surface area (Å²) in [6.45, 7) is 6.45. The molecule has 1 aliphatic rings. The molecule has 104 valence electrons. The van der Waals surface area contributed by atoms with Crippen molar-refractivity contribution in [3.8, 4) is 0 Å². The number of hydrogen-bond acceptors (Lipinski definition) is 2. The Kier molecular flexibility index (Phi) is 4.97. The van der Waals surface area contributed by atoms with Crippen LogP contribution in [-0.2, 0) is 16.1 Å². The van der Waals surface area contributed by atoms with Crippen LogP contribution >= 0.6 is 0 Å². The fourth-order valence-corrected chi connectivity index (χ4v) is 2.90. The normalized spacial score (nSPS) is 23.1. The van der Waals surface area contributed by atoms with Crippen molar-refractivity contribution in [2.24, 2.45) is 0 Å². The number of benzene rings is 1. The summed E-state index contributed by atoms with van der Waals surface area (Å²) in [5.74, 6) is -0.0233. The minimum absolute atomic E-state index is 0.0224. The number of aryl methyl sites for hydroxylation is 1. The van der Waals surface area contributed by atoms with Gasteiger partial charge in [-0.1, -0.05) is 29.8 Å². The summed E-state index contributed by atoms with van der Waals surface area (Å²) in [4.78, 5) is 13.4. The number of quaternary nitrogens is 1. The Hall–Kier alpha value is -1.35. The first-order chi connectivity index (χ1) is 9.20. The molecule has 1 aliphatic heterocycles. The zero-order chi connectivity index (χ0) is 13.7. The van der Waals surface area contributed by atoms with Crippen LogP contribution in [0.5, 0.6) is 0 Å². The Bertz CT molecular complexity index is 431. The molecule has 0 radical (unpaired) electrons. The lowest BCUT2D eigenvalue weighted by Crippen LogP contribution is -3.16. The molecule has 1 aromatic rings. The number of hydrogen-bond donors (Lipinski definition) is 1. The number of esters is 1. The Balaban J connectivity index is 2.05. The van der Waals surface area contributed by atoms with Crippen molar-refractivity contribution < 1.29 is 14.4 Å². The van der Waals surface area contributed by atoms with Gasteiger partial charge < -0.3 is 9.64 Å². The summed E-state index contributed by atoms with van der Waals surface area (Å²) >= 11 is 0. The Morgan fingerprint density at radius 3 is 3.00 bits per heavy atom. The van der Waals surface area contributed by atoms with E-state index in [0.29, 0.717) is 6.61 Å². The second kappa shape index (κ2) is 6.71. The number of carbonyl (C=O) groups excluding carboxylic acids is 1. The molecule has 19 heavy (non-hydrogen) atoms. The molecule has 0 aromatic heterocycles. The average molecular weight is 262 g/mol. The highest BCUT2D eigenvalue weighted by Gasteiger charge is 2.33. The Morgan fingerprint density at radius 1 is 1.42 bits per heavy atom. The SMILES string of the molecule is CCOC(=O)[C@H]1CCCC[NH+]1Cc1cccc(C)c1. The minimum Gasteiger partial charge on any atom is -0.462 e. The summed E-state index contributed by atoms with van der Waals surface area (Å²) in [5, 5.41) is 0. The summed E-state index contributed by atoms with van der Waals surface area (Å²) in [5.41, 5.74) is 2.59. The van der Waals surface area contributed by atoms with E-state index < -0.39 is 0 Å². The molecular formula is C16H24NO2+. The highest BCUT2D eigenvalue weighted by atomic mass is 16.5. The second-order valence-electron chi connectivity index (χ2n) is 5.37. The van der Waals surface area contributed by atoms with E-state index in [0.717, 1.165) is 25.9 Å². The van der Waals surface area contributed by atoms with Crippen LogP contribution in [0.25, 0.3) is 0 Å². The van der Waals surface area contributed by atoms with Crippen LogP contribution in [0, 0.1) is 6.92 Å². The van der Waals surface area contributed by atoms with E-state index in [-0.39, 0.29) is 12.0 Å². The first-order valence-corrected chi connectivity index (χ1v) is 7.27. The van der Waals surface area contributed by atoms with Gasteiger partial charge in [-0.3, -0.25) is 0 Å². The van der Waals surface area contributed by atoms with Gasteiger partial charge in [0.15, 0.2) is 6.04 Å². The highest BCUT2D eigenvalue weighted by Crippen LogP contribution is 2.08. The maximum atomic E-state index is 12.0. The monoisotopic (exact) mass is 262 g/mol. The number of piperidine rings is 1. The van der Waals surface area contributed by atoms with Crippen LogP contribution in [-0.4, -0.2) is 25.2 Å². The molecule has 1 N–H and O–H groups in total. The third-order valence-corrected chi connectivity index (χ3v) is 3.82. The number of carbonyl (C=O) groups is 1. The van der Waals surface area contributed by atoms with Crippen LogP contribution in [0.1, 0.15) is 37.3 Å². The quantitative estimate of drug-likeness (QED) is 0.834. The van der Waals surface area contributed by atoms with E-state index in [1.165, 1.54) is 22.4 Å². The molecule has 0 aliphatic carbocycles. The van der Waals surface area contributed by atoms with Crippen molar-refractivity contribution in [3.05, 3.63) is 35.4 Å². The average Bonchev–Trinajstić information content (AvgIpc) is 2.39. The van der Waals surface area contributed by atoms with Crippen LogP contribution in [0.2, 0.25) is 0 Å². The van der Waals surface area contributed by atoms with Crippen molar-refractivity contribution in [3.63, 3.8) is 0 Å². The first-order valence-electron chi connectivity index (χ1n) is 7.27. The van der Waals surface area contributed by atoms with Gasteiger partial charge in [-0.2, -0.15) is 0 Å². The fraction of sp³-hybridized carbons (Fsp3) is 0.562. The summed E-state index contributed by atoms with van der Waals surface area (Å²) in [6, 6.07) is 8.58. The summed E-state index contributed by atoms with van der Waals surface area (Å²) < 4.78 is 5.21. The van der Waals surface area contributed by atoms with Crippen LogP contribution < -0.4 is 4.90 Å². The van der Waals surface area contributed by atoms with E-state index in [1.807, 2.05) is 6.92 Å². The van der Waals surface area contributed by atoms with Gasteiger partial charge in [0.1, 0.15) is 6.54 Å². The smallest absolute Gasteiger partial charge is 0.364 e. The Morgan fingerprint density at radius 2 is 2.26 bits per heavy atom. The van der Waals surface area contributed by atoms with Gasteiger partial charge in [0.25, 0.3) is 0 Å². The zero-order valence-corrected chi connectivity index (χ0v) is 11.9. The maximum absolute atomic E-state index is 12.0. The number of nitrogens with one attached hydrogen (secondary N) is 1. The zero-order valence-electron chi connectivity index (χ0n) is 11.9. The maximum Gasteiger partial charge on any atom is 0.364 e. The molecule has 0 spiro atoms. The van der Waals surface area contributed by atoms with Crippen LogP contribution in [0.15, 0.2) is 24.3 Å². The van der Waals surface area contributed by atoms with Gasteiger partial charge >= 0.3 is 5.97 Å². The molecule has 3 heteroatoms. The third-order valence-electron chi connectivity index (χ3n) is 3.82. The molecule has 2 rings (SSSR count). The van der Waals surface area contributed by atoms with Gasteiger partial charge in [-0.15, -0.1) is 0 Å². The van der Waals surface area contributed by atoms with Gasteiger partial charge in [0.05, 0.1) is 13.2 Å². The van der Waals surface area contributed by atoms with Crippen LogP contribution in [0.4, 0.5) is 0 Å². The number of ether oxygens (including phenoxy) is 1. The molecule has 0 saturated carbocycles. The van der Waals surface area contributed by atoms with Crippen molar-refractivity contribution in [1.82, 2.24) is 0 Å². The van der Waals surface area contributed by atoms with E-state index in [1.54, 1.807) is 0 Å². The minimum atomic E-state index is -0.0233. The van der Waals surface area contributed by atoms with E-state index in [4.69, 9.17) is 4.74 Å². The van der Waals surface area contributed by atoms with Gasteiger partial charge in [-0.25, -0.2) is 4.79 Å². The molecule has 1 fully saturated rings. The molecular weight excluding hydrogens is 238 g/mol. The lowest BCUT2D eigenvalue weighted by molar-refractivity contribution is -0.935.